The van der Waals surface area contributed by atoms with Crippen molar-refractivity contribution >= 4 is 17.6 Å². The zero-order valence-corrected chi connectivity index (χ0v) is 14.2. The summed E-state index contributed by atoms with van der Waals surface area (Å²) in [5.41, 5.74) is 2.38. The molecule has 3 rings (SSSR count). The van der Waals surface area contributed by atoms with Crippen LogP contribution in [0, 0.1) is 0 Å². The summed E-state index contributed by atoms with van der Waals surface area (Å²) < 4.78 is 1.86. The third-order valence-corrected chi connectivity index (χ3v) is 4.36. The molecule has 1 N–H and O–H groups in total. The fourth-order valence-corrected chi connectivity index (χ4v) is 3.01. The van der Waals surface area contributed by atoms with Gasteiger partial charge in [0.2, 0.25) is 0 Å². The van der Waals surface area contributed by atoms with Gasteiger partial charge in [0.1, 0.15) is 5.15 Å². The molecule has 1 atom stereocenters. The Bertz CT molecular complexity index is 678. The van der Waals surface area contributed by atoms with Crippen LogP contribution in [0.25, 0.3) is 0 Å². The second-order valence-corrected chi connectivity index (χ2v) is 6.16. The topological polar surface area (TPSA) is 58.3 Å². The Labute approximate surface area is 141 Å². The van der Waals surface area contributed by atoms with Crippen LogP contribution in [0.5, 0.6) is 0 Å². The lowest BCUT2D eigenvalue weighted by molar-refractivity contribution is 0.485. The Hall–Kier alpha value is -2.08. The van der Waals surface area contributed by atoms with Gasteiger partial charge in [-0.05, 0) is 23.6 Å². The molecule has 0 saturated carbocycles. The zero-order valence-electron chi connectivity index (χ0n) is 13.4. The predicted octanol–water partition coefficient (Wildman–Crippen LogP) is 2.03. The van der Waals surface area contributed by atoms with E-state index in [1.165, 1.54) is 5.56 Å². The van der Waals surface area contributed by atoms with Crippen molar-refractivity contribution in [3.8, 4) is 0 Å². The summed E-state index contributed by atoms with van der Waals surface area (Å²) in [5.74, 6) is 1.44. The lowest BCUT2D eigenvalue weighted by atomic mass is 10.0. The van der Waals surface area contributed by atoms with Gasteiger partial charge in [-0.15, -0.1) is 0 Å². The summed E-state index contributed by atoms with van der Waals surface area (Å²) in [4.78, 5) is 10.8. The molecule has 1 saturated heterocycles. The van der Waals surface area contributed by atoms with Crippen LogP contribution in [0.1, 0.15) is 23.5 Å². The monoisotopic (exact) mass is 332 g/mol. The molecular weight excluding hydrogens is 312 g/mol. The molecule has 0 radical (unpaired) electrons. The molecule has 0 bridgehead atoms. The number of likely N-dealkylation sites (tertiary alicyclic amines) is 1. The standard InChI is InChI=1S/C16H21ClN6/c1-18-16(20-8-12-3-4-15(17)19-7-12)23-6-5-13(11-23)14-9-21-22(2)10-14/h3-4,7,9-10,13H,5-6,8,11H2,1-2H3,(H,18,20). The fourth-order valence-electron chi connectivity index (χ4n) is 2.90. The van der Waals surface area contributed by atoms with E-state index in [2.05, 4.69) is 31.5 Å². The minimum absolute atomic E-state index is 0.511. The van der Waals surface area contributed by atoms with Gasteiger partial charge in [0.15, 0.2) is 5.96 Å². The predicted molar refractivity (Wildman–Crippen MR) is 91.6 cm³/mol. The first-order chi connectivity index (χ1) is 11.2. The van der Waals surface area contributed by atoms with E-state index in [4.69, 9.17) is 11.6 Å². The molecule has 1 aliphatic heterocycles. The highest BCUT2D eigenvalue weighted by atomic mass is 35.5. The number of aryl methyl sites for hydroxylation is 1. The largest absolute Gasteiger partial charge is 0.352 e. The zero-order chi connectivity index (χ0) is 16.2. The molecule has 7 heteroatoms. The number of nitrogens with zero attached hydrogens (tertiary/aromatic N) is 5. The molecule has 1 fully saturated rings. The summed E-state index contributed by atoms with van der Waals surface area (Å²) in [6.45, 7) is 2.65. The average molecular weight is 333 g/mol. The Morgan fingerprint density at radius 3 is 2.96 bits per heavy atom. The number of nitrogens with one attached hydrogen (secondary N) is 1. The minimum atomic E-state index is 0.511. The van der Waals surface area contributed by atoms with E-state index in [9.17, 15) is 0 Å². The third-order valence-electron chi connectivity index (χ3n) is 4.14. The molecular formula is C16H21ClN6. The SMILES string of the molecule is CN=C(NCc1ccc(Cl)nc1)N1CCC(c2cnn(C)c2)C1. The van der Waals surface area contributed by atoms with Crippen LogP contribution in [0.4, 0.5) is 0 Å². The van der Waals surface area contributed by atoms with Crippen molar-refractivity contribution in [2.24, 2.45) is 12.0 Å². The van der Waals surface area contributed by atoms with E-state index in [0.29, 0.717) is 17.6 Å². The van der Waals surface area contributed by atoms with Crippen molar-refractivity contribution < 1.29 is 0 Å². The molecule has 0 aromatic carbocycles. The maximum Gasteiger partial charge on any atom is 0.193 e. The Balaban J connectivity index is 1.58. The fraction of sp³-hybridized carbons (Fsp3) is 0.438. The summed E-state index contributed by atoms with van der Waals surface area (Å²) >= 11 is 5.81. The first-order valence-corrected chi connectivity index (χ1v) is 8.08. The van der Waals surface area contributed by atoms with Crippen LogP contribution in [-0.4, -0.2) is 45.8 Å². The van der Waals surface area contributed by atoms with Crippen molar-refractivity contribution in [3.63, 3.8) is 0 Å². The van der Waals surface area contributed by atoms with Gasteiger partial charge in [-0.1, -0.05) is 17.7 Å². The highest BCUT2D eigenvalue weighted by Crippen LogP contribution is 2.26. The van der Waals surface area contributed by atoms with Gasteiger partial charge in [-0.2, -0.15) is 5.10 Å². The van der Waals surface area contributed by atoms with Crippen LogP contribution in [0.15, 0.2) is 35.7 Å². The van der Waals surface area contributed by atoms with Gasteiger partial charge in [0, 0.05) is 52.0 Å². The summed E-state index contributed by atoms with van der Waals surface area (Å²) in [7, 11) is 3.77. The first-order valence-electron chi connectivity index (χ1n) is 7.70. The molecule has 2 aromatic heterocycles. The number of guanidine groups is 1. The van der Waals surface area contributed by atoms with Crippen molar-refractivity contribution in [1.82, 2.24) is 25.0 Å². The van der Waals surface area contributed by atoms with Gasteiger partial charge >= 0.3 is 0 Å². The number of aromatic nitrogens is 3. The summed E-state index contributed by atoms with van der Waals surface area (Å²) in [6, 6.07) is 3.77. The lowest BCUT2D eigenvalue weighted by Gasteiger charge is -2.21. The maximum atomic E-state index is 5.81. The molecule has 0 amide bonds. The van der Waals surface area contributed by atoms with Crippen LogP contribution in [-0.2, 0) is 13.6 Å². The quantitative estimate of drug-likeness (QED) is 0.531. The van der Waals surface area contributed by atoms with Gasteiger partial charge in [0.25, 0.3) is 0 Å². The molecule has 0 aliphatic carbocycles. The van der Waals surface area contributed by atoms with Crippen molar-refractivity contribution in [2.45, 2.75) is 18.9 Å². The van der Waals surface area contributed by atoms with E-state index in [0.717, 1.165) is 31.0 Å². The van der Waals surface area contributed by atoms with Gasteiger partial charge in [0.05, 0.1) is 6.20 Å². The van der Waals surface area contributed by atoms with Crippen LogP contribution in [0.2, 0.25) is 5.15 Å². The minimum Gasteiger partial charge on any atom is -0.352 e. The van der Waals surface area contributed by atoms with E-state index in [-0.39, 0.29) is 0 Å². The number of pyridine rings is 1. The Morgan fingerprint density at radius 2 is 2.30 bits per heavy atom. The van der Waals surface area contributed by atoms with E-state index < -0.39 is 0 Å². The van der Waals surface area contributed by atoms with Crippen molar-refractivity contribution in [1.29, 1.82) is 0 Å². The maximum absolute atomic E-state index is 5.81. The highest BCUT2D eigenvalue weighted by Gasteiger charge is 2.26. The first kappa shape index (κ1) is 15.8. The number of rotatable bonds is 3. The van der Waals surface area contributed by atoms with E-state index in [1.54, 1.807) is 12.3 Å². The number of aliphatic imine (C=N–C) groups is 1. The van der Waals surface area contributed by atoms with E-state index >= 15 is 0 Å². The molecule has 0 spiro atoms. The number of hydrogen-bond donors (Lipinski definition) is 1. The highest BCUT2D eigenvalue weighted by molar-refractivity contribution is 6.29. The lowest BCUT2D eigenvalue weighted by Crippen LogP contribution is -2.39. The van der Waals surface area contributed by atoms with Gasteiger partial charge < -0.3 is 10.2 Å². The smallest absolute Gasteiger partial charge is 0.193 e. The van der Waals surface area contributed by atoms with Gasteiger partial charge in [-0.25, -0.2) is 4.98 Å². The van der Waals surface area contributed by atoms with Gasteiger partial charge in [-0.3, -0.25) is 9.67 Å². The second kappa shape index (κ2) is 7.00. The van der Waals surface area contributed by atoms with Crippen molar-refractivity contribution in [3.05, 3.63) is 47.0 Å². The molecule has 23 heavy (non-hydrogen) atoms. The molecule has 2 aromatic rings. The third kappa shape index (κ3) is 3.82. The normalized spacial score (nSPS) is 18.5. The van der Waals surface area contributed by atoms with Crippen LogP contribution in [0.3, 0.4) is 0 Å². The van der Waals surface area contributed by atoms with Crippen molar-refractivity contribution in [2.75, 3.05) is 20.1 Å². The molecule has 6 nitrogen and oxygen atoms in total. The molecule has 122 valence electrons. The Kier molecular flexibility index (Phi) is 4.81. The summed E-state index contributed by atoms with van der Waals surface area (Å²) in [5, 5.41) is 8.18. The molecule has 1 aliphatic rings. The molecule has 1 unspecified atom stereocenters. The summed E-state index contributed by atoms with van der Waals surface area (Å²) in [6.07, 6.45) is 6.97. The van der Waals surface area contributed by atoms with E-state index in [1.807, 2.05) is 31.0 Å². The average Bonchev–Trinajstić information content (AvgIpc) is 3.19. The number of hydrogen-bond acceptors (Lipinski definition) is 3. The number of halogens is 1. The molecule has 3 heterocycles. The second-order valence-electron chi connectivity index (χ2n) is 5.77. The Morgan fingerprint density at radius 1 is 1.43 bits per heavy atom. The van der Waals surface area contributed by atoms with Crippen LogP contribution >= 0.6 is 11.6 Å². The van der Waals surface area contributed by atoms with Crippen LogP contribution < -0.4 is 5.32 Å².